The smallest absolute Gasteiger partial charge is 0.246 e. The predicted molar refractivity (Wildman–Crippen MR) is 95.1 cm³/mol. The summed E-state index contributed by atoms with van der Waals surface area (Å²) in [6.07, 6.45) is 0.743. The maximum Gasteiger partial charge on any atom is 0.272 e. The zero-order valence-electron chi connectivity index (χ0n) is 13.6. The molecule has 0 amide bonds. The highest BCUT2D eigenvalue weighted by atomic mass is 15.4. The normalized spacial score (nSPS) is 14.0. The lowest BCUT2D eigenvalue weighted by Gasteiger charge is -2.02. The van der Waals surface area contributed by atoms with Gasteiger partial charge in [-0.25, -0.2) is 9.98 Å². The molecule has 0 bridgehead atoms. The number of hydrogen-bond donors (Lipinski definition) is 0. The van der Waals surface area contributed by atoms with Gasteiger partial charge in [-0.05, 0) is 12.1 Å². The quantitative estimate of drug-likeness (QED) is 0.499. The van der Waals surface area contributed by atoms with Crippen molar-refractivity contribution in [2.75, 3.05) is 0 Å². The van der Waals surface area contributed by atoms with Gasteiger partial charge in [0.1, 0.15) is 17.1 Å². The highest BCUT2D eigenvalue weighted by Crippen LogP contribution is 2.35. The minimum Gasteiger partial charge on any atom is -0.246 e. The Kier molecular flexibility index (Phi) is 2.97. The maximum atomic E-state index is 4.85. The molecule has 120 valence electrons. The number of fused-ring (bicyclic) bond motifs is 4. The van der Waals surface area contributed by atoms with Crippen LogP contribution in [0.3, 0.4) is 0 Å². The number of nitrogens with zero attached hydrogens (tertiary/aromatic N) is 6. The zero-order chi connectivity index (χ0) is 16.8. The monoisotopic (exact) mass is 326 g/mol. The summed E-state index contributed by atoms with van der Waals surface area (Å²) >= 11 is 0. The largest absolute Gasteiger partial charge is 0.272 e. The van der Waals surface area contributed by atoms with Crippen molar-refractivity contribution in [3.05, 3.63) is 71.7 Å². The summed E-state index contributed by atoms with van der Waals surface area (Å²) in [6.45, 7) is 2.03. The molecular formula is C19H14N6. The molecule has 1 aliphatic rings. The fourth-order valence-corrected chi connectivity index (χ4v) is 3.11. The Balaban J connectivity index is 1.82. The van der Waals surface area contributed by atoms with Gasteiger partial charge in [-0.15, -0.1) is 10.2 Å². The molecule has 0 unspecified atom stereocenters. The molecule has 2 heterocycles. The van der Waals surface area contributed by atoms with Crippen molar-refractivity contribution in [2.45, 2.75) is 13.3 Å². The topological polar surface area (TPSA) is 68.3 Å². The van der Waals surface area contributed by atoms with Crippen LogP contribution in [-0.2, 0) is 6.42 Å². The molecule has 6 nitrogen and oxygen atoms in total. The summed E-state index contributed by atoms with van der Waals surface area (Å²) < 4.78 is 1.71. The molecule has 0 spiro atoms. The average Bonchev–Trinajstić information content (AvgIpc) is 3.20. The van der Waals surface area contributed by atoms with Crippen LogP contribution < -0.4 is 0 Å². The highest BCUT2D eigenvalue weighted by molar-refractivity contribution is 6.23. The number of hydrogen-bond acceptors (Lipinski definition) is 5. The van der Waals surface area contributed by atoms with Crippen LogP contribution in [0.25, 0.3) is 17.0 Å². The molecule has 0 saturated carbocycles. The SMILES string of the molecule is CCc1nnc2nc3c(nn12)C(=Nc1ccccc1)c1ccccc1-3. The average molecular weight is 326 g/mol. The van der Waals surface area contributed by atoms with Crippen molar-refractivity contribution >= 4 is 17.2 Å². The first-order valence-corrected chi connectivity index (χ1v) is 8.21. The van der Waals surface area contributed by atoms with Gasteiger partial charge < -0.3 is 0 Å². The second-order valence-corrected chi connectivity index (χ2v) is 5.83. The van der Waals surface area contributed by atoms with Crippen LogP contribution in [0, 0.1) is 0 Å². The van der Waals surface area contributed by atoms with E-state index in [1.54, 1.807) is 4.52 Å². The standard InChI is InChI=1S/C19H14N6/c1-2-15-22-23-19-21-17-14-11-7-6-10-13(14)16(18(17)24-25(15)19)20-12-8-4-3-5-9-12/h3-11H,2H2,1H3. The Morgan fingerprint density at radius 1 is 0.880 bits per heavy atom. The van der Waals surface area contributed by atoms with Gasteiger partial charge in [-0.2, -0.15) is 9.61 Å². The lowest BCUT2D eigenvalue weighted by Crippen LogP contribution is -2.08. The molecule has 2 aromatic heterocycles. The first-order chi connectivity index (χ1) is 12.3. The Labute approximate surface area is 143 Å². The number of rotatable bonds is 2. The number of aromatic nitrogens is 5. The predicted octanol–water partition coefficient (Wildman–Crippen LogP) is 3.23. The molecule has 2 aromatic carbocycles. The molecule has 0 fully saturated rings. The van der Waals surface area contributed by atoms with Crippen molar-refractivity contribution in [3.8, 4) is 11.3 Å². The lowest BCUT2D eigenvalue weighted by molar-refractivity contribution is 0.811. The Morgan fingerprint density at radius 2 is 1.64 bits per heavy atom. The first-order valence-electron chi connectivity index (χ1n) is 8.21. The zero-order valence-corrected chi connectivity index (χ0v) is 13.6. The third kappa shape index (κ3) is 2.07. The fraction of sp³-hybridized carbons (Fsp3) is 0.105. The summed E-state index contributed by atoms with van der Waals surface area (Å²) in [5.41, 5.74) is 5.38. The van der Waals surface area contributed by atoms with Crippen LogP contribution in [0.15, 0.2) is 59.6 Å². The van der Waals surface area contributed by atoms with Gasteiger partial charge in [0, 0.05) is 17.5 Å². The number of benzene rings is 2. The van der Waals surface area contributed by atoms with E-state index in [2.05, 4.69) is 16.3 Å². The third-order valence-corrected chi connectivity index (χ3v) is 4.30. The van der Waals surface area contributed by atoms with E-state index in [-0.39, 0.29) is 0 Å². The van der Waals surface area contributed by atoms with Gasteiger partial charge in [0.15, 0.2) is 5.82 Å². The van der Waals surface area contributed by atoms with E-state index in [4.69, 9.17) is 15.1 Å². The van der Waals surface area contributed by atoms with Gasteiger partial charge in [0.2, 0.25) is 0 Å². The van der Waals surface area contributed by atoms with Crippen molar-refractivity contribution < 1.29 is 0 Å². The van der Waals surface area contributed by atoms with E-state index >= 15 is 0 Å². The number of aryl methyl sites for hydroxylation is 1. The third-order valence-electron chi connectivity index (χ3n) is 4.30. The number of aliphatic imine (C=N–C) groups is 1. The van der Waals surface area contributed by atoms with E-state index in [9.17, 15) is 0 Å². The molecule has 6 heteroatoms. The highest BCUT2D eigenvalue weighted by Gasteiger charge is 2.29. The van der Waals surface area contributed by atoms with Crippen molar-refractivity contribution in [1.82, 2.24) is 24.8 Å². The van der Waals surface area contributed by atoms with E-state index in [0.717, 1.165) is 46.2 Å². The van der Waals surface area contributed by atoms with Gasteiger partial charge in [0.05, 0.1) is 5.69 Å². The van der Waals surface area contributed by atoms with Crippen LogP contribution in [0.4, 0.5) is 5.69 Å². The van der Waals surface area contributed by atoms with Crippen LogP contribution in [0.1, 0.15) is 24.0 Å². The molecule has 5 rings (SSSR count). The molecule has 0 saturated heterocycles. The Bertz CT molecular complexity index is 1130. The molecular weight excluding hydrogens is 312 g/mol. The first kappa shape index (κ1) is 14.0. The number of para-hydroxylation sites is 1. The minimum absolute atomic E-state index is 0.520. The Hall–Kier alpha value is -3.41. The molecule has 0 aliphatic heterocycles. The van der Waals surface area contributed by atoms with E-state index in [0.29, 0.717) is 5.78 Å². The van der Waals surface area contributed by atoms with Crippen LogP contribution in [0.5, 0.6) is 0 Å². The molecule has 1 aliphatic carbocycles. The maximum absolute atomic E-state index is 4.85. The van der Waals surface area contributed by atoms with Gasteiger partial charge in [-0.3, -0.25) is 0 Å². The second kappa shape index (κ2) is 5.31. The summed E-state index contributed by atoms with van der Waals surface area (Å²) in [7, 11) is 0. The van der Waals surface area contributed by atoms with Crippen LogP contribution in [0.2, 0.25) is 0 Å². The summed E-state index contributed by atoms with van der Waals surface area (Å²) in [6, 6.07) is 18.0. The lowest BCUT2D eigenvalue weighted by atomic mass is 10.1. The summed E-state index contributed by atoms with van der Waals surface area (Å²) in [5.74, 6) is 1.31. The molecule has 25 heavy (non-hydrogen) atoms. The van der Waals surface area contributed by atoms with E-state index in [1.807, 2.05) is 55.5 Å². The minimum atomic E-state index is 0.520. The molecule has 0 radical (unpaired) electrons. The van der Waals surface area contributed by atoms with Crippen molar-refractivity contribution in [1.29, 1.82) is 0 Å². The Morgan fingerprint density at radius 3 is 2.44 bits per heavy atom. The summed E-state index contributed by atoms with van der Waals surface area (Å²) in [4.78, 5) is 9.55. The van der Waals surface area contributed by atoms with Gasteiger partial charge >= 0.3 is 0 Å². The van der Waals surface area contributed by atoms with Crippen molar-refractivity contribution in [3.63, 3.8) is 0 Å². The van der Waals surface area contributed by atoms with Crippen LogP contribution in [-0.4, -0.2) is 30.5 Å². The molecule has 0 atom stereocenters. The van der Waals surface area contributed by atoms with E-state index < -0.39 is 0 Å². The second-order valence-electron chi connectivity index (χ2n) is 5.83. The van der Waals surface area contributed by atoms with Gasteiger partial charge in [0.25, 0.3) is 5.78 Å². The molecule has 4 aromatic rings. The summed E-state index contributed by atoms with van der Waals surface area (Å²) in [5, 5.41) is 13.1. The fourth-order valence-electron chi connectivity index (χ4n) is 3.11. The molecule has 0 N–H and O–H groups in total. The van der Waals surface area contributed by atoms with Gasteiger partial charge in [-0.1, -0.05) is 49.4 Å². The van der Waals surface area contributed by atoms with E-state index in [1.165, 1.54) is 0 Å². The van der Waals surface area contributed by atoms with Crippen molar-refractivity contribution in [2.24, 2.45) is 4.99 Å². The van der Waals surface area contributed by atoms with Crippen LogP contribution >= 0.6 is 0 Å².